The van der Waals surface area contributed by atoms with E-state index in [2.05, 4.69) is 5.32 Å². The highest BCUT2D eigenvalue weighted by atomic mass is 32.2. The van der Waals surface area contributed by atoms with Crippen LogP contribution in [0.5, 0.6) is 5.75 Å². The van der Waals surface area contributed by atoms with Gasteiger partial charge in [-0.2, -0.15) is 0 Å². The molecule has 1 aromatic rings. The first kappa shape index (κ1) is 23.9. The minimum absolute atomic E-state index is 0.00780. The molecule has 1 aliphatic heterocycles. The number of ether oxygens (including phenoxy) is 1. The second-order valence-electron chi connectivity index (χ2n) is 8.18. The monoisotopic (exact) mass is 438 g/mol. The number of aliphatic hydroxyl groups is 1. The summed E-state index contributed by atoms with van der Waals surface area (Å²) in [5.41, 5.74) is -0.0980. The summed E-state index contributed by atoms with van der Waals surface area (Å²) in [6, 6.07) is 6.81. The van der Waals surface area contributed by atoms with E-state index in [0.717, 1.165) is 5.56 Å². The molecule has 8 nitrogen and oxygen atoms in total. The van der Waals surface area contributed by atoms with E-state index in [9.17, 15) is 23.1 Å². The third-order valence-electron chi connectivity index (χ3n) is 4.48. The fourth-order valence-corrected chi connectivity index (χ4v) is 4.55. The Labute approximate surface area is 177 Å². The van der Waals surface area contributed by atoms with Crippen LogP contribution in [0.15, 0.2) is 36.4 Å². The van der Waals surface area contributed by atoms with Gasteiger partial charge in [-0.3, -0.25) is 10.1 Å². The van der Waals surface area contributed by atoms with Crippen molar-refractivity contribution in [1.29, 1.82) is 0 Å². The molecule has 166 valence electrons. The molecule has 0 aromatic heterocycles. The molecule has 0 bridgehead atoms. The summed E-state index contributed by atoms with van der Waals surface area (Å²) in [5.74, 6) is 0.0712. The minimum Gasteiger partial charge on any atom is -0.491 e. The zero-order valence-corrected chi connectivity index (χ0v) is 18.4. The van der Waals surface area contributed by atoms with Gasteiger partial charge in [0.2, 0.25) is 5.91 Å². The molecule has 3 amide bonds. The predicted molar refractivity (Wildman–Crippen MR) is 114 cm³/mol. The number of nitrogens with zero attached hydrogens (tertiary/aromatic N) is 1. The largest absolute Gasteiger partial charge is 0.491 e. The van der Waals surface area contributed by atoms with Crippen LogP contribution in [0.2, 0.25) is 0 Å². The van der Waals surface area contributed by atoms with E-state index >= 15 is 0 Å². The molecular formula is C21H30N2O6S. The zero-order chi connectivity index (χ0) is 22.4. The average Bonchev–Trinajstić information content (AvgIpc) is 2.96. The first-order valence-corrected chi connectivity index (χ1v) is 11.7. The van der Waals surface area contributed by atoms with Crippen LogP contribution in [0.4, 0.5) is 4.79 Å². The molecule has 1 fully saturated rings. The third kappa shape index (κ3) is 8.16. The number of carbonyl (C=O) groups is 2. The normalized spacial score (nSPS) is 16.2. The number of benzene rings is 1. The number of hydrogen-bond donors (Lipinski definition) is 2. The van der Waals surface area contributed by atoms with Gasteiger partial charge in [0.15, 0.2) is 9.84 Å². The molecular weight excluding hydrogens is 408 g/mol. The Balaban J connectivity index is 1.82. The van der Waals surface area contributed by atoms with Crippen molar-refractivity contribution in [2.24, 2.45) is 0 Å². The van der Waals surface area contributed by atoms with E-state index in [0.29, 0.717) is 12.2 Å². The van der Waals surface area contributed by atoms with Crippen LogP contribution in [0.3, 0.4) is 0 Å². The molecule has 1 heterocycles. The standard InChI is InChI=1S/C21H30N2O6S/c1-16(17-8-7-9-18(12-17)29-15-21(2,3)26)14-30(27,28)11-6-4-5-10-23-13-19(24)22-20(23)25/h4-5,7-9,12,16,26H,6,10-11,13-15H2,1-3H3,(H,22,24,25)/b5-4+/t16-/m0/s1. The van der Waals surface area contributed by atoms with Gasteiger partial charge in [-0.25, -0.2) is 13.2 Å². The van der Waals surface area contributed by atoms with E-state index in [4.69, 9.17) is 4.74 Å². The Hall–Kier alpha value is -2.39. The van der Waals surface area contributed by atoms with E-state index in [-0.39, 0.29) is 43.0 Å². The van der Waals surface area contributed by atoms with Gasteiger partial charge in [0.1, 0.15) is 18.9 Å². The van der Waals surface area contributed by atoms with Crippen LogP contribution in [-0.4, -0.2) is 67.2 Å². The van der Waals surface area contributed by atoms with Gasteiger partial charge in [-0.15, -0.1) is 0 Å². The summed E-state index contributed by atoms with van der Waals surface area (Å²) in [6.45, 7) is 5.59. The van der Waals surface area contributed by atoms with E-state index in [1.807, 2.05) is 13.0 Å². The van der Waals surface area contributed by atoms with Gasteiger partial charge in [-0.05, 0) is 43.9 Å². The molecule has 0 saturated carbocycles. The first-order valence-electron chi connectivity index (χ1n) is 9.84. The number of hydrogen-bond acceptors (Lipinski definition) is 6. The number of nitrogens with one attached hydrogen (secondary N) is 1. The molecule has 0 radical (unpaired) electrons. The number of sulfone groups is 1. The zero-order valence-electron chi connectivity index (χ0n) is 17.6. The molecule has 0 unspecified atom stereocenters. The summed E-state index contributed by atoms with van der Waals surface area (Å²) in [5, 5.41) is 12.0. The van der Waals surface area contributed by atoms with Crippen molar-refractivity contribution in [3.8, 4) is 5.75 Å². The Bertz CT molecular complexity index is 889. The van der Waals surface area contributed by atoms with Crippen LogP contribution in [-0.2, 0) is 14.6 Å². The summed E-state index contributed by atoms with van der Waals surface area (Å²) in [4.78, 5) is 23.9. The average molecular weight is 439 g/mol. The van der Waals surface area contributed by atoms with Gasteiger partial charge >= 0.3 is 6.03 Å². The lowest BCUT2D eigenvalue weighted by Gasteiger charge is -2.19. The number of urea groups is 1. The molecule has 30 heavy (non-hydrogen) atoms. The highest BCUT2D eigenvalue weighted by Crippen LogP contribution is 2.23. The van der Waals surface area contributed by atoms with Crippen molar-refractivity contribution in [1.82, 2.24) is 10.2 Å². The summed E-state index contributed by atoms with van der Waals surface area (Å²) in [6.07, 6.45) is 3.75. The van der Waals surface area contributed by atoms with Crippen LogP contribution in [0, 0.1) is 0 Å². The molecule has 2 rings (SSSR count). The van der Waals surface area contributed by atoms with Crippen molar-refractivity contribution >= 4 is 21.8 Å². The molecule has 1 saturated heterocycles. The summed E-state index contributed by atoms with van der Waals surface area (Å²) >= 11 is 0. The quantitative estimate of drug-likeness (QED) is 0.403. The smallest absolute Gasteiger partial charge is 0.324 e. The number of allylic oxidation sites excluding steroid dienone is 1. The Kier molecular flexibility index (Phi) is 8.03. The van der Waals surface area contributed by atoms with Crippen molar-refractivity contribution in [2.75, 3.05) is 31.2 Å². The highest BCUT2D eigenvalue weighted by Gasteiger charge is 2.25. The van der Waals surface area contributed by atoms with E-state index in [1.165, 1.54) is 4.90 Å². The van der Waals surface area contributed by atoms with Crippen LogP contribution in [0.25, 0.3) is 0 Å². The van der Waals surface area contributed by atoms with Crippen LogP contribution in [0.1, 0.15) is 38.7 Å². The number of imide groups is 1. The maximum absolute atomic E-state index is 12.5. The van der Waals surface area contributed by atoms with Crippen molar-refractivity contribution < 1.29 is 27.9 Å². The van der Waals surface area contributed by atoms with Crippen molar-refractivity contribution in [3.63, 3.8) is 0 Å². The summed E-state index contributed by atoms with van der Waals surface area (Å²) < 4.78 is 30.5. The molecule has 9 heteroatoms. The minimum atomic E-state index is -3.28. The number of rotatable bonds is 11. The maximum Gasteiger partial charge on any atom is 0.324 e. The molecule has 1 aromatic carbocycles. The Morgan fingerprint density at radius 1 is 1.30 bits per heavy atom. The summed E-state index contributed by atoms with van der Waals surface area (Å²) in [7, 11) is -3.28. The Morgan fingerprint density at radius 3 is 2.67 bits per heavy atom. The van der Waals surface area contributed by atoms with Crippen LogP contribution >= 0.6 is 0 Å². The Morgan fingerprint density at radius 2 is 2.03 bits per heavy atom. The van der Waals surface area contributed by atoms with E-state index in [1.54, 1.807) is 44.2 Å². The van der Waals surface area contributed by atoms with Gasteiger partial charge in [-0.1, -0.05) is 31.2 Å². The predicted octanol–water partition coefficient (Wildman–Crippen LogP) is 1.85. The van der Waals surface area contributed by atoms with E-state index < -0.39 is 21.5 Å². The third-order valence-corrected chi connectivity index (χ3v) is 6.34. The van der Waals surface area contributed by atoms with Gasteiger partial charge in [0.25, 0.3) is 0 Å². The maximum atomic E-state index is 12.5. The number of amides is 3. The first-order chi connectivity index (χ1) is 14.0. The molecule has 0 spiro atoms. The molecule has 2 N–H and O–H groups in total. The van der Waals surface area contributed by atoms with Crippen LogP contribution < -0.4 is 10.1 Å². The lowest BCUT2D eigenvalue weighted by Crippen LogP contribution is -2.28. The van der Waals surface area contributed by atoms with Gasteiger partial charge < -0.3 is 14.7 Å². The second kappa shape index (κ2) is 10.1. The molecule has 0 aliphatic carbocycles. The topological polar surface area (TPSA) is 113 Å². The SMILES string of the molecule is C[C@@H](CS(=O)(=O)CC/C=C/CN1CC(=O)NC1=O)c1cccc(OCC(C)(C)O)c1. The molecule has 1 aliphatic rings. The fraction of sp³-hybridized carbons (Fsp3) is 0.524. The lowest BCUT2D eigenvalue weighted by atomic mass is 10.0. The second-order valence-corrected chi connectivity index (χ2v) is 10.4. The molecule has 1 atom stereocenters. The van der Waals surface area contributed by atoms with Crippen molar-refractivity contribution in [3.05, 3.63) is 42.0 Å². The highest BCUT2D eigenvalue weighted by molar-refractivity contribution is 7.91. The van der Waals surface area contributed by atoms with Gasteiger partial charge in [0.05, 0.1) is 17.1 Å². The van der Waals surface area contributed by atoms with Gasteiger partial charge in [0, 0.05) is 6.54 Å². The fourth-order valence-electron chi connectivity index (χ4n) is 2.93. The number of carbonyl (C=O) groups excluding carboxylic acids is 2. The van der Waals surface area contributed by atoms with Crippen molar-refractivity contribution in [2.45, 2.75) is 38.7 Å². The lowest BCUT2D eigenvalue weighted by molar-refractivity contribution is -0.118.